The van der Waals surface area contributed by atoms with Crippen molar-refractivity contribution in [3.63, 3.8) is 0 Å². The lowest BCUT2D eigenvalue weighted by molar-refractivity contribution is 0.501. The first-order valence-electron chi connectivity index (χ1n) is 9.66. The van der Waals surface area contributed by atoms with Gasteiger partial charge >= 0.3 is 0 Å². The van der Waals surface area contributed by atoms with Crippen molar-refractivity contribution in [2.45, 2.75) is 91.1 Å². The van der Waals surface area contributed by atoms with E-state index in [0.29, 0.717) is 11.8 Å². The van der Waals surface area contributed by atoms with E-state index in [1.54, 1.807) is 0 Å². The maximum atomic E-state index is 4.61. The number of aryl methyl sites for hydroxylation is 3. The molecule has 2 aliphatic rings. The predicted octanol–water partition coefficient (Wildman–Crippen LogP) is 4.69. The number of hydrogen-bond acceptors (Lipinski definition) is 2. The Morgan fingerprint density at radius 1 is 0.875 bits per heavy atom. The standard InChI is InChI=1S/2C10H16N2/c1-8(2)9-7-12-6-4-3-5-10(12)11-9;1-8(2)9-7-11-10-5-3-4-6-12(9)10/h2*7-8H,3-6H2,1-2H3. The highest BCUT2D eigenvalue weighted by Gasteiger charge is 2.15. The van der Waals surface area contributed by atoms with Gasteiger partial charge in [-0.3, -0.25) is 0 Å². The molecule has 24 heavy (non-hydrogen) atoms. The smallest absolute Gasteiger partial charge is 0.108 e. The molecule has 0 radical (unpaired) electrons. The Labute approximate surface area is 146 Å². The molecule has 0 unspecified atom stereocenters. The summed E-state index contributed by atoms with van der Waals surface area (Å²) in [5.74, 6) is 3.78. The van der Waals surface area contributed by atoms with Gasteiger partial charge in [0.2, 0.25) is 0 Å². The van der Waals surface area contributed by atoms with E-state index >= 15 is 0 Å². The molecule has 2 aromatic heterocycles. The Kier molecular flexibility index (Phi) is 5.42. The van der Waals surface area contributed by atoms with Crippen LogP contribution in [0.1, 0.15) is 88.3 Å². The van der Waals surface area contributed by atoms with Crippen molar-refractivity contribution < 1.29 is 0 Å². The normalized spacial score (nSPS) is 16.6. The molecule has 0 saturated heterocycles. The van der Waals surface area contributed by atoms with Crippen LogP contribution in [0.15, 0.2) is 12.4 Å². The van der Waals surface area contributed by atoms with Crippen LogP contribution in [-0.2, 0) is 25.9 Å². The third-order valence-corrected chi connectivity index (χ3v) is 5.11. The van der Waals surface area contributed by atoms with Crippen LogP contribution in [0.2, 0.25) is 0 Å². The molecule has 2 aromatic rings. The number of fused-ring (bicyclic) bond motifs is 2. The minimum atomic E-state index is 0.572. The molecule has 0 fully saturated rings. The van der Waals surface area contributed by atoms with Crippen molar-refractivity contribution in [3.05, 3.63) is 35.4 Å². The fourth-order valence-electron chi connectivity index (χ4n) is 3.61. The minimum absolute atomic E-state index is 0.572. The third kappa shape index (κ3) is 3.73. The Balaban J connectivity index is 0.000000141. The minimum Gasteiger partial charge on any atom is -0.335 e. The number of hydrogen-bond donors (Lipinski definition) is 0. The van der Waals surface area contributed by atoms with Crippen LogP contribution in [0.3, 0.4) is 0 Å². The van der Waals surface area contributed by atoms with Crippen LogP contribution in [0.5, 0.6) is 0 Å². The van der Waals surface area contributed by atoms with Gasteiger partial charge in [0.1, 0.15) is 11.6 Å². The average molecular weight is 329 g/mol. The summed E-state index contributed by atoms with van der Waals surface area (Å²) < 4.78 is 4.72. The second kappa shape index (κ2) is 7.54. The SMILES string of the molecule is CC(C)c1cn2c(n1)CCCC2.CC(C)c1cnc2n1CCCC2. The van der Waals surface area contributed by atoms with E-state index in [1.807, 2.05) is 6.20 Å². The number of rotatable bonds is 2. The summed E-state index contributed by atoms with van der Waals surface area (Å²) in [7, 11) is 0. The zero-order valence-corrected chi connectivity index (χ0v) is 15.8. The summed E-state index contributed by atoms with van der Waals surface area (Å²) in [6, 6.07) is 0. The molecule has 0 bridgehead atoms. The Morgan fingerprint density at radius 3 is 2.25 bits per heavy atom. The Morgan fingerprint density at radius 2 is 1.58 bits per heavy atom. The van der Waals surface area contributed by atoms with E-state index in [4.69, 9.17) is 0 Å². The first kappa shape index (κ1) is 17.2. The highest BCUT2D eigenvalue weighted by atomic mass is 15.1. The first-order valence-corrected chi connectivity index (χ1v) is 9.66. The van der Waals surface area contributed by atoms with Gasteiger partial charge in [0, 0.05) is 44.0 Å². The lowest BCUT2D eigenvalue weighted by Crippen LogP contribution is -2.13. The summed E-state index contributed by atoms with van der Waals surface area (Å²) in [6.07, 6.45) is 11.9. The highest BCUT2D eigenvalue weighted by molar-refractivity contribution is 5.11. The fourth-order valence-corrected chi connectivity index (χ4v) is 3.61. The predicted molar refractivity (Wildman–Crippen MR) is 98.5 cm³/mol. The first-order chi connectivity index (χ1) is 11.6. The van der Waals surface area contributed by atoms with Crippen LogP contribution < -0.4 is 0 Å². The molecule has 0 atom stereocenters. The van der Waals surface area contributed by atoms with Gasteiger partial charge < -0.3 is 9.13 Å². The number of aromatic nitrogens is 4. The number of nitrogens with zero attached hydrogens (tertiary/aromatic N) is 4. The van der Waals surface area contributed by atoms with Crippen molar-refractivity contribution >= 4 is 0 Å². The monoisotopic (exact) mass is 328 g/mol. The maximum Gasteiger partial charge on any atom is 0.108 e. The molecular formula is C20H32N4. The lowest BCUT2D eigenvalue weighted by atomic mass is 10.1. The molecule has 132 valence electrons. The average Bonchev–Trinajstić information content (AvgIpc) is 3.19. The van der Waals surface area contributed by atoms with Crippen molar-refractivity contribution in [2.75, 3.05) is 0 Å². The molecule has 0 saturated carbocycles. The topological polar surface area (TPSA) is 35.6 Å². The van der Waals surface area contributed by atoms with E-state index in [-0.39, 0.29) is 0 Å². The molecule has 0 spiro atoms. The summed E-state index contributed by atoms with van der Waals surface area (Å²) in [5, 5.41) is 0. The summed E-state index contributed by atoms with van der Waals surface area (Å²) in [4.78, 5) is 9.05. The van der Waals surface area contributed by atoms with Crippen LogP contribution in [0.4, 0.5) is 0 Å². The van der Waals surface area contributed by atoms with Gasteiger partial charge in [-0.2, -0.15) is 0 Å². The van der Waals surface area contributed by atoms with Crippen molar-refractivity contribution in [1.82, 2.24) is 19.1 Å². The van der Waals surface area contributed by atoms with E-state index in [0.717, 1.165) is 0 Å². The van der Waals surface area contributed by atoms with E-state index in [9.17, 15) is 0 Å². The van der Waals surface area contributed by atoms with Crippen LogP contribution in [0.25, 0.3) is 0 Å². The second-order valence-corrected chi connectivity index (χ2v) is 7.75. The summed E-state index contributed by atoms with van der Waals surface area (Å²) in [6.45, 7) is 11.2. The van der Waals surface area contributed by atoms with Crippen molar-refractivity contribution in [2.24, 2.45) is 0 Å². The van der Waals surface area contributed by atoms with Gasteiger partial charge in [-0.25, -0.2) is 9.97 Å². The van der Waals surface area contributed by atoms with E-state index in [2.05, 4.69) is 53.0 Å². The van der Waals surface area contributed by atoms with Gasteiger partial charge in [-0.05, 0) is 37.5 Å². The zero-order valence-electron chi connectivity index (χ0n) is 15.8. The van der Waals surface area contributed by atoms with Crippen molar-refractivity contribution in [1.29, 1.82) is 0 Å². The van der Waals surface area contributed by atoms with Gasteiger partial charge in [-0.1, -0.05) is 27.7 Å². The molecule has 4 heterocycles. The van der Waals surface area contributed by atoms with Gasteiger partial charge in [-0.15, -0.1) is 0 Å². The van der Waals surface area contributed by atoms with Gasteiger partial charge in [0.05, 0.1) is 5.69 Å². The molecule has 4 rings (SSSR count). The molecule has 0 amide bonds. The van der Waals surface area contributed by atoms with Gasteiger partial charge in [0.25, 0.3) is 0 Å². The van der Waals surface area contributed by atoms with E-state index < -0.39 is 0 Å². The maximum absolute atomic E-state index is 4.61. The molecular weight excluding hydrogens is 296 g/mol. The van der Waals surface area contributed by atoms with Crippen LogP contribution in [0, 0.1) is 0 Å². The van der Waals surface area contributed by atoms with E-state index in [1.165, 1.54) is 74.7 Å². The molecule has 4 heteroatoms. The van der Waals surface area contributed by atoms with Gasteiger partial charge in [0.15, 0.2) is 0 Å². The summed E-state index contributed by atoms with van der Waals surface area (Å²) in [5.41, 5.74) is 2.66. The molecule has 4 nitrogen and oxygen atoms in total. The number of imidazole rings is 2. The third-order valence-electron chi connectivity index (χ3n) is 5.11. The molecule has 0 aromatic carbocycles. The van der Waals surface area contributed by atoms with Crippen LogP contribution >= 0.6 is 0 Å². The quantitative estimate of drug-likeness (QED) is 0.802. The molecule has 0 N–H and O–H groups in total. The summed E-state index contributed by atoms with van der Waals surface area (Å²) >= 11 is 0. The Hall–Kier alpha value is -1.58. The highest BCUT2D eigenvalue weighted by Crippen LogP contribution is 2.21. The molecule has 2 aliphatic heterocycles. The van der Waals surface area contributed by atoms with Crippen LogP contribution in [-0.4, -0.2) is 19.1 Å². The Bertz CT molecular complexity index is 637. The fraction of sp³-hybridized carbons (Fsp3) is 0.700. The zero-order chi connectivity index (χ0) is 17.1. The lowest BCUT2D eigenvalue weighted by Gasteiger charge is -2.17. The van der Waals surface area contributed by atoms with Crippen molar-refractivity contribution in [3.8, 4) is 0 Å². The molecule has 0 aliphatic carbocycles. The largest absolute Gasteiger partial charge is 0.335 e. The second-order valence-electron chi connectivity index (χ2n) is 7.75.